The zero-order chi connectivity index (χ0) is 9.97. The third-order valence-electron chi connectivity index (χ3n) is 2.43. The summed E-state index contributed by atoms with van der Waals surface area (Å²) in [6.45, 7) is 2.15. The van der Waals surface area contributed by atoms with Crippen molar-refractivity contribution in [3.05, 3.63) is 36.0 Å². The number of hydrogen-bond acceptors (Lipinski definition) is 2. The summed E-state index contributed by atoms with van der Waals surface area (Å²) in [7, 11) is 1.65. The summed E-state index contributed by atoms with van der Waals surface area (Å²) < 4.78 is 5.22. The Kier molecular flexibility index (Phi) is 2.35. The Morgan fingerprint density at radius 2 is 2.07 bits per heavy atom. The van der Waals surface area contributed by atoms with E-state index in [0.29, 0.717) is 5.88 Å². The van der Waals surface area contributed by atoms with Crippen LogP contribution in [0.3, 0.4) is 0 Å². The van der Waals surface area contributed by atoms with Crippen molar-refractivity contribution in [2.45, 2.75) is 13.3 Å². The lowest BCUT2D eigenvalue weighted by atomic mass is 10.0. The average Bonchev–Trinajstić information content (AvgIpc) is 2.27. The molecule has 0 fully saturated rings. The van der Waals surface area contributed by atoms with Crippen LogP contribution in [0.15, 0.2) is 30.5 Å². The van der Waals surface area contributed by atoms with Crippen molar-refractivity contribution in [2.75, 3.05) is 7.11 Å². The van der Waals surface area contributed by atoms with Gasteiger partial charge in [-0.1, -0.05) is 19.1 Å². The molecule has 0 saturated heterocycles. The quantitative estimate of drug-likeness (QED) is 0.721. The molecule has 72 valence electrons. The molecule has 2 nitrogen and oxygen atoms in total. The molecule has 0 aliphatic carbocycles. The minimum absolute atomic E-state index is 0.706. The monoisotopic (exact) mass is 187 g/mol. The number of nitrogens with zero attached hydrogens (tertiary/aromatic N) is 1. The van der Waals surface area contributed by atoms with Crippen molar-refractivity contribution in [2.24, 2.45) is 0 Å². The second kappa shape index (κ2) is 3.66. The Hall–Kier alpha value is -1.57. The highest BCUT2D eigenvalue weighted by Crippen LogP contribution is 2.25. The molecule has 2 heteroatoms. The summed E-state index contributed by atoms with van der Waals surface area (Å²) in [6, 6.07) is 8.27. The summed E-state index contributed by atoms with van der Waals surface area (Å²) in [4.78, 5) is 4.18. The summed E-state index contributed by atoms with van der Waals surface area (Å²) in [6.07, 6.45) is 2.82. The Balaban J connectivity index is 2.77. The number of pyridine rings is 1. The maximum atomic E-state index is 5.22. The molecule has 1 heterocycles. The van der Waals surface area contributed by atoms with Crippen molar-refractivity contribution in [1.29, 1.82) is 0 Å². The van der Waals surface area contributed by atoms with Crippen LogP contribution in [0, 0.1) is 0 Å². The summed E-state index contributed by atoms with van der Waals surface area (Å²) >= 11 is 0. The van der Waals surface area contributed by atoms with Gasteiger partial charge in [-0.15, -0.1) is 0 Å². The third kappa shape index (κ3) is 1.33. The molecule has 0 aliphatic rings. The fourth-order valence-corrected chi connectivity index (χ4v) is 1.72. The second-order valence-corrected chi connectivity index (χ2v) is 3.19. The van der Waals surface area contributed by atoms with Crippen LogP contribution in [0.4, 0.5) is 0 Å². The molecule has 0 radical (unpaired) electrons. The first-order valence-electron chi connectivity index (χ1n) is 4.77. The number of aromatic nitrogens is 1. The van der Waals surface area contributed by atoms with E-state index in [9.17, 15) is 0 Å². The van der Waals surface area contributed by atoms with Gasteiger partial charge in [0.25, 0.3) is 0 Å². The standard InChI is InChI=1S/C12H13NO/c1-3-9-5-4-6-11-10(9)7-8-13-12(11)14-2/h4-8H,3H2,1-2H3. The van der Waals surface area contributed by atoms with Gasteiger partial charge in [0.1, 0.15) is 0 Å². The highest BCUT2D eigenvalue weighted by Gasteiger charge is 2.03. The van der Waals surface area contributed by atoms with Crippen LogP contribution in [-0.2, 0) is 6.42 Å². The van der Waals surface area contributed by atoms with E-state index in [0.717, 1.165) is 11.8 Å². The van der Waals surface area contributed by atoms with Crippen molar-refractivity contribution in [3.63, 3.8) is 0 Å². The maximum Gasteiger partial charge on any atom is 0.221 e. The minimum Gasteiger partial charge on any atom is -0.481 e. The van der Waals surface area contributed by atoms with E-state index in [-0.39, 0.29) is 0 Å². The first-order chi connectivity index (χ1) is 6.86. The lowest BCUT2D eigenvalue weighted by Crippen LogP contribution is -1.90. The van der Waals surface area contributed by atoms with Gasteiger partial charge in [-0.25, -0.2) is 4.98 Å². The average molecular weight is 187 g/mol. The Morgan fingerprint density at radius 1 is 1.21 bits per heavy atom. The van der Waals surface area contributed by atoms with Crippen LogP contribution in [0.1, 0.15) is 12.5 Å². The predicted octanol–water partition coefficient (Wildman–Crippen LogP) is 2.81. The van der Waals surface area contributed by atoms with Gasteiger partial charge < -0.3 is 4.74 Å². The molecular formula is C12H13NO. The van der Waals surface area contributed by atoms with E-state index in [1.807, 2.05) is 18.2 Å². The van der Waals surface area contributed by atoms with E-state index in [4.69, 9.17) is 4.74 Å². The number of fused-ring (bicyclic) bond motifs is 1. The number of hydrogen-bond donors (Lipinski definition) is 0. The van der Waals surface area contributed by atoms with Crippen LogP contribution in [-0.4, -0.2) is 12.1 Å². The zero-order valence-electron chi connectivity index (χ0n) is 8.45. The molecule has 0 N–H and O–H groups in total. The van der Waals surface area contributed by atoms with Crippen LogP contribution in [0.2, 0.25) is 0 Å². The zero-order valence-corrected chi connectivity index (χ0v) is 8.45. The number of rotatable bonds is 2. The van der Waals surface area contributed by atoms with Crippen molar-refractivity contribution >= 4 is 10.8 Å². The van der Waals surface area contributed by atoms with Gasteiger partial charge in [0.05, 0.1) is 7.11 Å². The molecule has 2 aromatic rings. The molecule has 0 amide bonds. The van der Waals surface area contributed by atoms with E-state index < -0.39 is 0 Å². The van der Waals surface area contributed by atoms with Gasteiger partial charge in [0, 0.05) is 11.6 Å². The molecule has 0 saturated carbocycles. The fourth-order valence-electron chi connectivity index (χ4n) is 1.72. The van der Waals surface area contributed by atoms with Gasteiger partial charge in [-0.05, 0) is 29.5 Å². The van der Waals surface area contributed by atoms with Gasteiger partial charge in [-0.3, -0.25) is 0 Å². The second-order valence-electron chi connectivity index (χ2n) is 3.19. The van der Waals surface area contributed by atoms with E-state index in [1.165, 1.54) is 10.9 Å². The highest BCUT2D eigenvalue weighted by atomic mass is 16.5. The Labute approximate surface area is 83.5 Å². The first-order valence-corrected chi connectivity index (χ1v) is 4.77. The lowest BCUT2D eigenvalue weighted by molar-refractivity contribution is 0.403. The molecule has 1 aromatic carbocycles. The van der Waals surface area contributed by atoms with E-state index in [1.54, 1.807) is 13.3 Å². The van der Waals surface area contributed by atoms with Crippen molar-refractivity contribution in [3.8, 4) is 5.88 Å². The molecule has 0 spiro atoms. The molecule has 14 heavy (non-hydrogen) atoms. The molecule has 0 unspecified atom stereocenters. The fraction of sp³-hybridized carbons (Fsp3) is 0.250. The molecule has 0 aliphatic heterocycles. The van der Waals surface area contributed by atoms with Gasteiger partial charge in [-0.2, -0.15) is 0 Å². The highest BCUT2D eigenvalue weighted by molar-refractivity contribution is 5.89. The number of aryl methyl sites for hydroxylation is 1. The topological polar surface area (TPSA) is 22.1 Å². The normalized spacial score (nSPS) is 10.4. The van der Waals surface area contributed by atoms with E-state index >= 15 is 0 Å². The van der Waals surface area contributed by atoms with Gasteiger partial charge in [0.2, 0.25) is 5.88 Å². The molecule has 0 atom stereocenters. The van der Waals surface area contributed by atoms with Crippen molar-refractivity contribution in [1.82, 2.24) is 4.98 Å². The van der Waals surface area contributed by atoms with E-state index in [2.05, 4.69) is 18.0 Å². The molecule has 2 rings (SSSR count). The lowest BCUT2D eigenvalue weighted by Gasteiger charge is -2.06. The number of ether oxygens (including phenoxy) is 1. The smallest absolute Gasteiger partial charge is 0.221 e. The number of benzene rings is 1. The largest absolute Gasteiger partial charge is 0.481 e. The predicted molar refractivity (Wildman–Crippen MR) is 57.7 cm³/mol. The number of methoxy groups -OCH3 is 1. The molecule has 0 bridgehead atoms. The Bertz CT molecular complexity index is 408. The van der Waals surface area contributed by atoms with Crippen LogP contribution < -0.4 is 4.74 Å². The summed E-state index contributed by atoms with van der Waals surface area (Å²) in [5.41, 5.74) is 1.34. The molecular weight excluding hydrogens is 174 g/mol. The first kappa shape index (κ1) is 9.00. The minimum atomic E-state index is 0.706. The SMILES string of the molecule is CCc1cccc2c(OC)nccc12. The third-order valence-corrected chi connectivity index (χ3v) is 2.43. The maximum absolute atomic E-state index is 5.22. The van der Waals surface area contributed by atoms with Crippen LogP contribution in [0.25, 0.3) is 10.8 Å². The van der Waals surface area contributed by atoms with Crippen LogP contribution in [0.5, 0.6) is 5.88 Å². The van der Waals surface area contributed by atoms with Crippen molar-refractivity contribution < 1.29 is 4.74 Å². The summed E-state index contributed by atoms with van der Waals surface area (Å²) in [5.74, 6) is 0.706. The van der Waals surface area contributed by atoms with Gasteiger partial charge >= 0.3 is 0 Å². The summed E-state index contributed by atoms with van der Waals surface area (Å²) in [5, 5.41) is 2.33. The Morgan fingerprint density at radius 3 is 2.79 bits per heavy atom. The van der Waals surface area contributed by atoms with Crippen LogP contribution >= 0.6 is 0 Å². The van der Waals surface area contributed by atoms with Gasteiger partial charge in [0.15, 0.2) is 0 Å². The molecule has 1 aromatic heterocycles.